The standard InChI is InChI=1S/C27H26N2O4/c1-16(2)20-15-21(17(3)12-24(20)31)29-22(13-18-10-11-23(30)25(14-18)33-4)27(32)28-26(29)19-8-6-5-7-9-19/h5-16,30-31H,1-4H3. The topological polar surface area (TPSA) is 82.4 Å². The summed E-state index contributed by atoms with van der Waals surface area (Å²) in [6.45, 7) is 5.91. The summed E-state index contributed by atoms with van der Waals surface area (Å²) >= 11 is 0. The highest BCUT2D eigenvalue weighted by molar-refractivity contribution is 6.28. The average Bonchev–Trinajstić information content (AvgIpc) is 3.11. The summed E-state index contributed by atoms with van der Waals surface area (Å²) in [6.07, 6.45) is 1.73. The molecule has 0 unspecified atom stereocenters. The Hall–Kier alpha value is -4.06. The number of aliphatic imine (C=N–C) groups is 1. The number of carbonyl (C=O) groups excluding carboxylic acids is 1. The second-order valence-corrected chi connectivity index (χ2v) is 8.26. The third kappa shape index (κ3) is 4.20. The molecule has 1 amide bonds. The highest BCUT2D eigenvalue weighted by Crippen LogP contribution is 2.38. The molecule has 0 aromatic heterocycles. The van der Waals surface area contributed by atoms with Crippen LogP contribution in [0.1, 0.15) is 42.0 Å². The lowest BCUT2D eigenvalue weighted by Crippen LogP contribution is -2.28. The van der Waals surface area contributed by atoms with Crippen LogP contribution in [0, 0.1) is 6.92 Å². The molecule has 0 spiro atoms. The molecule has 0 bridgehead atoms. The second kappa shape index (κ2) is 8.82. The lowest BCUT2D eigenvalue weighted by molar-refractivity contribution is -0.113. The van der Waals surface area contributed by atoms with E-state index in [2.05, 4.69) is 4.99 Å². The Morgan fingerprint density at radius 1 is 1.00 bits per heavy atom. The zero-order valence-electron chi connectivity index (χ0n) is 19.0. The lowest BCUT2D eigenvalue weighted by Gasteiger charge is -2.25. The molecule has 2 N–H and O–H groups in total. The molecule has 0 aliphatic carbocycles. The molecule has 0 fully saturated rings. The molecule has 3 aromatic carbocycles. The number of methoxy groups -OCH3 is 1. The number of aryl methyl sites for hydroxylation is 1. The molecule has 1 aliphatic heterocycles. The minimum absolute atomic E-state index is 0.0198. The molecule has 6 heteroatoms. The van der Waals surface area contributed by atoms with E-state index in [9.17, 15) is 15.0 Å². The van der Waals surface area contributed by atoms with Gasteiger partial charge in [-0.3, -0.25) is 9.69 Å². The van der Waals surface area contributed by atoms with Gasteiger partial charge in [0, 0.05) is 5.56 Å². The van der Waals surface area contributed by atoms with Crippen LogP contribution in [0.4, 0.5) is 5.69 Å². The van der Waals surface area contributed by atoms with E-state index in [4.69, 9.17) is 4.74 Å². The number of amidine groups is 1. The van der Waals surface area contributed by atoms with Crippen molar-refractivity contribution in [3.8, 4) is 17.2 Å². The number of hydrogen-bond donors (Lipinski definition) is 2. The molecule has 33 heavy (non-hydrogen) atoms. The van der Waals surface area contributed by atoms with E-state index in [0.717, 1.165) is 22.4 Å². The quantitative estimate of drug-likeness (QED) is 0.519. The van der Waals surface area contributed by atoms with Gasteiger partial charge < -0.3 is 14.9 Å². The third-order valence-electron chi connectivity index (χ3n) is 5.63. The van der Waals surface area contributed by atoms with Crippen LogP contribution in [-0.4, -0.2) is 29.1 Å². The van der Waals surface area contributed by atoms with E-state index in [1.54, 1.807) is 24.3 Å². The lowest BCUT2D eigenvalue weighted by atomic mass is 9.98. The monoisotopic (exact) mass is 442 g/mol. The van der Waals surface area contributed by atoms with Gasteiger partial charge in [-0.25, -0.2) is 0 Å². The summed E-state index contributed by atoms with van der Waals surface area (Å²) in [4.78, 5) is 19.4. The Morgan fingerprint density at radius 2 is 1.73 bits per heavy atom. The van der Waals surface area contributed by atoms with Crippen molar-refractivity contribution in [1.29, 1.82) is 0 Å². The second-order valence-electron chi connectivity index (χ2n) is 8.26. The smallest absolute Gasteiger partial charge is 0.296 e. The summed E-state index contributed by atoms with van der Waals surface area (Å²) in [5.74, 6) is 0.790. The van der Waals surface area contributed by atoms with Gasteiger partial charge in [0.15, 0.2) is 11.5 Å². The Kier molecular flexibility index (Phi) is 5.92. The predicted molar refractivity (Wildman–Crippen MR) is 130 cm³/mol. The summed E-state index contributed by atoms with van der Waals surface area (Å²) in [6, 6.07) is 18.1. The number of phenols is 2. The first-order valence-electron chi connectivity index (χ1n) is 10.7. The van der Waals surface area contributed by atoms with Crippen molar-refractivity contribution >= 4 is 23.5 Å². The van der Waals surface area contributed by atoms with Crippen LogP contribution in [0.5, 0.6) is 17.2 Å². The number of benzene rings is 3. The van der Waals surface area contributed by atoms with Crippen LogP contribution >= 0.6 is 0 Å². The Labute approximate surface area is 193 Å². The third-order valence-corrected chi connectivity index (χ3v) is 5.63. The summed E-state index contributed by atoms with van der Waals surface area (Å²) in [7, 11) is 1.48. The Morgan fingerprint density at radius 3 is 2.39 bits per heavy atom. The Balaban J connectivity index is 1.92. The fraction of sp³-hybridized carbons (Fsp3) is 0.185. The number of ether oxygens (including phenoxy) is 1. The van der Waals surface area contributed by atoms with Gasteiger partial charge in [0.2, 0.25) is 0 Å². The number of aromatic hydroxyl groups is 2. The maximum absolute atomic E-state index is 13.1. The predicted octanol–water partition coefficient (Wildman–Crippen LogP) is 5.37. The number of rotatable bonds is 5. The average molecular weight is 443 g/mol. The van der Waals surface area contributed by atoms with Gasteiger partial charge in [-0.15, -0.1) is 0 Å². The van der Waals surface area contributed by atoms with Gasteiger partial charge in [-0.2, -0.15) is 4.99 Å². The van der Waals surface area contributed by atoms with E-state index < -0.39 is 0 Å². The number of anilines is 1. The summed E-state index contributed by atoms with van der Waals surface area (Å²) in [5, 5.41) is 20.4. The summed E-state index contributed by atoms with van der Waals surface area (Å²) in [5.41, 5.74) is 4.21. The molecule has 0 atom stereocenters. The molecule has 4 rings (SSSR count). The van der Waals surface area contributed by atoms with Crippen LogP contribution in [0.15, 0.2) is 71.4 Å². The van der Waals surface area contributed by atoms with Gasteiger partial charge >= 0.3 is 0 Å². The molecule has 168 valence electrons. The van der Waals surface area contributed by atoms with Gasteiger partial charge in [-0.1, -0.05) is 50.2 Å². The van der Waals surface area contributed by atoms with Gasteiger partial charge in [0.05, 0.1) is 12.8 Å². The number of hydrogen-bond acceptors (Lipinski definition) is 5. The van der Waals surface area contributed by atoms with E-state index in [1.165, 1.54) is 13.2 Å². The number of carbonyl (C=O) groups is 1. The minimum atomic E-state index is -0.375. The van der Waals surface area contributed by atoms with Crippen molar-refractivity contribution < 1.29 is 19.7 Å². The molecule has 0 saturated heterocycles. The van der Waals surface area contributed by atoms with Crippen molar-refractivity contribution in [3.05, 3.63) is 88.6 Å². The molecular weight excluding hydrogens is 416 g/mol. The maximum atomic E-state index is 13.1. The van der Waals surface area contributed by atoms with Crippen molar-refractivity contribution in [2.24, 2.45) is 4.99 Å². The van der Waals surface area contributed by atoms with Crippen molar-refractivity contribution in [3.63, 3.8) is 0 Å². The molecule has 1 heterocycles. The van der Waals surface area contributed by atoms with Gasteiger partial charge in [0.25, 0.3) is 5.91 Å². The van der Waals surface area contributed by atoms with Crippen LogP contribution in [0.2, 0.25) is 0 Å². The Bertz CT molecular complexity index is 1280. The highest BCUT2D eigenvalue weighted by Gasteiger charge is 2.33. The molecule has 1 aliphatic rings. The van der Waals surface area contributed by atoms with Crippen LogP contribution in [0.3, 0.4) is 0 Å². The van der Waals surface area contributed by atoms with Gasteiger partial charge in [0.1, 0.15) is 17.3 Å². The maximum Gasteiger partial charge on any atom is 0.296 e. The molecular formula is C27H26N2O4. The van der Waals surface area contributed by atoms with E-state index in [0.29, 0.717) is 22.8 Å². The van der Waals surface area contributed by atoms with E-state index in [-0.39, 0.29) is 23.3 Å². The number of amides is 1. The summed E-state index contributed by atoms with van der Waals surface area (Å²) < 4.78 is 5.22. The van der Waals surface area contributed by atoms with E-state index >= 15 is 0 Å². The number of phenolic OH excluding ortho intramolecular Hbond substituents is 2. The fourth-order valence-electron chi connectivity index (χ4n) is 3.91. The zero-order chi connectivity index (χ0) is 23.7. The molecule has 0 saturated carbocycles. The van der Waals surface area contributed by atoms with E-state index in [1.807, 2.05) is 62.1 Å². The van der Waals surface area contributed by atoms with Crippen LogP contribution in [0.25, 0.3) is 6.08 Å². The van der Waals surface area contributed by atoms with Crippen LogP contribution < -0.4 is 9.64 Å². The zero-order valence-corrected chi connectivity index (χ0v) is 19.0. The molecule has 3 aromatic rings. The molecule has 6 nitrogen and oxygen atoms in total. The van der Waals surface area contributed by atoms with Crippen molar-refractivity contribution in [1.82, 2.24) is 0 Å². The first kappa shape index (κ1) is 22.1. The van der Waals surface area contributed by atoms with Gasteiger partial charge in [-0.05, 0) is 59.9 Å². The van der Waals surface area contributed by atoms with Crippen molar-refractivity contribution in [2.75, 3.05) is 12.0 Å². The number of nitrogens with zero attached hydrogens (tertiary/aromatic N) is 2. The highest BCUT2D eigenvalue weighted by atomic mass is 16.5. The SMILES string of the molecule is COc1cc(C=C2C(=O)N=C(c3ccccc3)N2c2cc(C(C)C)c(O)cc2C)ccc1O. The largest absolute Gasteiger partial charge is 0.508 e. The fourth-order valence-corrected chi connectivity index (χ4v) is 3.91. The first-order valence-corrected chi connectivity index (χ1v) is 10.7. The minimum Gasteiger partial charge on any atom is -0.508 e. The van der Waals surface area contributed by atoms with Crippen molar-refractivity contribution in [2.45, 2.75) is 26.7 Å². The van der Waals surface area contributed by atoms with Crippen LogP contribution in [-0.2, 0) is 4.79 Å². The normalized spacial score (nSPS) is 14.8. The first-order chi connectivity index (χ1) is 15.8. The molecule has 0 radical (unpaired) electrons.